The number of carbonyl (C=O) groups excluding carboxylic acids is 1. The lowest BCUT2D eigenvalue weighted by Gasteiger charge is -2.09. The van der Waals surface area contributed by atoms with Crippen LogP contribution in [0.4, 0.5) is 0 Å². The van der Waals surface area contributed by atoms with E-state index in [1.54, 1.807) is 55.6 Å². The minimum Gasteiger partial charge on any atom is -0.497 e. The molecule has 27 heavy (non-hydrogen) atoms. The number of benzene rings is 3. The molecule has 0 saturated heterocycles. The Morgan fingerprint density at radius 2 is 1.19 bits per heavy atom. The van der Waals surface area contributed by atoms with Crippen LogP contribution in [0.15, 0.2) is 78.9 Å². The van der Waals surface area contributed by atoms with Crippen molar-refractivity contribution in [3.8, 4) is 23.0 Å². The predicted octanol–water partition coefficient (Wildman–Crippen LogP) is 4.37. The van der Waals surface area contributed by atoms with Gasteiger partial charge in [-0.25, -0.2) is 4.79 Å². The van der Waals surface area contributed by atoms with Crippen LogP contribution in [0.1, 0.15) is 10.4 Å². The van der Waals surface area contributed by atoms with Gasteiger partial charge in [0.1, 0.15) is 36.2 Å². The Bertz CT molecular complexity index is 842. The van der Waals surface area contributed by atoms with Crippen LogP contribution >= 0.6 is 0 Å². The first-order valence-electron chi connectivity index (χ1n) is 8.51. The van der Waals surface area contributed by atoms with Crippen LogP contribution < -0.4 is 18.9 Å². The van der Waals surface area contributed by atoms with Gasteiger partial charge in [-0.3, -0.25) is 0 Å². The van der Waals surface area contributed by atoms with Gasteiger partial charge in [0.05, 0.1) is 12.7 Å². The van der Waals surface area contributed by atoms with Crippen molar-refractivity contribution < 1.29 is 23.7 Å². The van der Waals surface area contributed by atoms with Crippen molar-refractivity contribution >= 4 is 5.97 Å². The first kappa shape index (κ1) is 18.3. The Labute approximate surface area is 158 Å². The molecule has 0 saturated carbocycles. The van der Waals surface area contributed by atoms with Crippen molar-refractivity contribution in [1.29, 1.82) is 0 Å². The minimum atomic E-state index is -0.431. The second-order valence-corrected chi connectivity index (χ2v) is 5.60. The van der Waals surface area contributed by atoms with E-state index in [0.29, 0.717) is 36.0 Å². The number of para-hydroxylation sites is 1. The molecule has 5 nitrogen and oxygen atoms in total. The largest absolute Gasteiger partial charge is 0.497 e. The fourth-order valence-electron chi connectivity index (χ4n) is 2.33. The molecule has 0 amide bonds. The van der Waals surface area contributed by atoms with Crippen LogP contribution in [0.25, 0.3) is 0 Å². The van der Waals surface area contributed by atoms with Crippen LogP contribution in [0.2, 0.25) is 0 Å². The summed E-state index contributed by atoms with van der Waals surface area (Å²) in [6.07, 6.45) is 0. The number of esters is 1. The lowest BCUT2D eigenvalue weighted by Crippen LogP contribution is -2.10. The van der Waals surface area contributed by atoms with Crippen LogP contribution in [0.3, 0.4) is 0 Å². The zero-order chi connectivity index (χ0) is 18.9. The SMILES string of the molecule is COc1ccc(OC(=O)c2ccc(OCCOc3ccccc3)cc2)cc1. The molecule has 0 spiro atoms. The molecule has 3 rings (SSSR count). The fraction of sp³-hybridized carbons (Fsp3) is 0.136. The van der Waals surface area contributed by atoms with Gasteiger partial charge in [0.25, 0.3) is 0 Å². The molecular formula is C22H20O5. The Kier molecular flexibility index (Phi) is 6.30. The van der Waals surface area contributed by atoms with Crippen molar-refractivity contribution in [3.05, 3.63) is 84.4 Å². The molecule has 0 aliphatic rings. The van der Waals surface area contributed by atoms with E-state index in [4.69, 9.17) is 18.9 Å². The van der Waals surface area contributed by atoms with Gasteiger partial charge >= 0.3 is 5.97 Å². The van der Waals surface area contributed by atoms with Crippen molar-refractivity contribution in [3.63, 3.8) is 0 Å². The quantitative estimate of drug-likeness (QED) is 0.337. The average Bonchev–Trinajstić information content (AvgIpc) is 2.73. The van der Waals surface area contributed by atoms with E-state index in [-0.39, 0.29) is 0 Å². The number of hydrogen-bond donors (Lipinski definition) is 0. The lowest BCUT2D eigenvalue weighted by atomic mass is 10.2. The number of methoxy groups -OCH3 is 1. The Balaban J connectivity index is 1.46. The maximum absolute atomic E-state index is 12.2. The molecule has 0 radical (unpaired) electrons. The molecule has 0 unspecified atom stereocenters. The van der Waals surface area contributed by atoms with Crippen LogP contribution in [-0.2, 0) is 0 Å². The Morgan fingerprint density at radius 3 is 1.78 bits per heavy atom. The van der Waals surface area contributed by atoms with Gasteiger partial charge in [-0.2, -0.15) is 0 Å². The highest BCUT2D eigenvalue weighted by Gasteiger charge is 2.09. The third-order valence-electron chi connectivity index (χ3n) is 3.72. The van der Waals surface area contributed by atoms with E-state index in [2.05, 4.69) is 0 Å². The van der Waals surface area contributed by atoms with Gasteiger partial charge in [-0.05, 0) is 60.7 Å². The molecule has 0 fully saturated rings. The zero-order valence-corrected chi connectivity index (χ0v) is 15.0. The highest BCUT2D eigenvalue weighted by atomic mass is 16.5. The molecule has 0 N–H and O–H groups in total. The summed E-state index contributed by atoms with van der Waals surface area (Å²) in [5.41, 5.74) is 0.443. The van der Waals surface area contributed by atoms with Gasteiger partial charge in [0.15, 0.2) is 0 Å². The van der Waals surface area contributed by atoms with Gasteiger partial charge < -0.3 is 18.9 Å². The van der Waals surface area contributed by atoms with Crippen molar-refractivity contribution in [2.45, 2.75) is 0 Å². The second kappa shape index (κ2) is 9.29. The van der Waals surface area contributed by atoms with Crippen molar-refractivity contribution in [1.82, 2.24) is 0 Å². The van der Waals surface area contributed by atoms with E-state index in [1.807, 2.05) is 30.3 Å². The molecule has 3 aromatic rings. The molecule has 0 aromatic heterocycles. The summed E-state index contributed by atoms with van der Waals surface area (Å²) < 4.78 is 21.6. The zero-order valence-electron chi connectivity index (χ0n) is 15.0. The van der Waals surface area contributed by atoms with E-state index in [9.17, 15) is 4.79 Å². The number of hydrogen-bond acceptors (Lipinski definition) is 5. The molecule has 0 aliphatic carbocycles. The van der Waals surface area contributed by atoms with Crippen LogP contribution in [0, 0.1) is 0 Å². The van der Waals surface area contributed by atoms with Crippen LogP contribution in [-0.4, -0.2) is 26.3 Å². The summed E-state index contributed by atoms with van der Waals surface area (Å²) in [5.74, 6) is 2.19. The molecule has 5 heteroatoms. The molecule has 0 bridgehead atoms. The summed E-state index contributed by atoms with van der Waals surface area (Å²) in [7, 11) is 1.58. The molecular weight excluding hydrogens is 344 g/mol. The summed E-state index contributed by atoms with van der Waals surface area (Å²) in [5, 5.41) is 0. The second-order valence-electron chi connectivity index (χ2n) is 5.60. The topological polar surface area (TPSA) is 54.0 Å². The average molecular weight is 364 g/mol. The summed E-state index contributed by atoms with van der Waals surface area (Å²) in [4.78, 5) is 12.2. The van der Waals surface area contributed by atoms with E-state index < -0.39 is 5.97 Å². The van der Waals surface area contributed by atoms with Crippen LogP contribution in [0.5, 0.6) is 23.0 Å². The summed E-state index contributed by atoms with van der Waals surface area (Å²) in [6.45, 7) is 0.843. The van der Waals surface area contributed by atoms with Gasteiger partial charge in [0.2, 0.25) is 0 Å². The first-order chi connectivity index (χ1) is 13.2. The number of carbonyl (C=O) groups is 1. The summed E-state index contributed by atoms with van der Waals surface area (Å²) in [6, 6.07) is 23.2. The Hall–Kier alpha value is -3.47. The monoisotopic (exact) mass is 364 g/mol. The van der Waals surface area contributed by atoms with Crippen molar-refractivity contribution in [2.24, 2.45) is 0 Å². The molecule has 138 valence electrons. The third-order valence-corrected chi connectivity index (χ3v) is 3.72. The summed E-state index contributed by atoms with van der Waals surface area (Å²) >= 11 is 0. The van der Waals surface area contributed by atoms with Gasteiger partial charge in [-0.15, -0.1) is 0 Å². The van der Waals surface area contributed by atoms with E-state index in [0.717, 1.165) is 5.75 Å². The highest BCUT2D eigenvalue weighted by molar-refractivity contribution is 5.91. The standard InChI is InChI=1S/C22H20O5/c1-24-18-11-13-21(14-12-18)27-22(23)17-7-9-20(10-8-17)26-16-15-25-19-5-3-2-4-6-19/h2-14H,15-16H2,1H3. The number of rotatable bonds is 8. The van der Waals surface area contributed by atoms with Gasteiger partial charge in [-0.1, -0.05) is 18.2 Å². The molecule has 0 aliphatic heterocycles. The molecule has 0 heterocycles. The highest BCUT2D eigenvalue weighted by Crippen LogP contribution is 2.19. The maximum Gasteiger partial charge on any atom is 0.343 e. The maximum atomic E-state index is 12.2. The predicted molar refractivity (Wildman–Crippen MR) is 102 cm³/mol. The number of ether oxygens (including phenoxy) is 4. The fourth-order valence-corrected chi connectivity index (χ4v) is 2.33. The smallest absolute Gasteiger partial charge is 0.343 e. The van der Waals surface area contributed by atoms with E-state index in [1.165, 1.54) is 0 Å². The minimum absolute atomic E-state index is 0.407. The first-order valence-corrected chi connectivity index (χ1v) is 8.51. The molecule has 3 aromatic carbocycles. The van der Waals surface area contributed by atoms with Gasteiger partial charge in [0, 0.05) is 0 Å². The molecule has 0 atom stereocenters. The third kappa shape index (κ3) is 5.51. The van der Waals surface area contributed by atoms with Crippen molar-refractivity contribution in [2.75, 3.05) is 20.3 Å². The Morgan fingerprint density at radius 1 is 0.667 bits per heavy atom. The van der Waals surface area contributed by atoms with E-state index >= 15 is 0 Å². The normalized spacial score (nSPS) is 10.1. The lowest BCUT2D eigenvalue weighted by molar-refractivity contribution is 0.0734.